The van der Waals surface area contributed by atoms with Crippen molar-refractivity contribution in [2.24, 2.45) is 11.8 Å². The zero-order chi connectivity index (χ0) is 16.6. The van der Waals surface area contributed by atoms with Crippen LogP contribution in [-0.4, -0.2) is 22.0 Å². The largest absolute Gasteiger partial charge is 0.388 e. The van der Waals surface area contributed by atoms with Crippen LogP contribution >= 0.6 is 0 Å². The molecule has 0 spiro atoms. The molecular formula is C18H26N2O3. The summed E-state index contributed by atoms with van der Waals surface area (Å²) in [5.74, 6) is 0.860. The topological polar surface area (TPSA) is 82.2 Å². The number of hydrogen-bond donors (Lipinski definition) is 3. The molecule has 3 rings (SSSR count). The molecule has 0 radical (unpaired) electrons. The van der Waals surface area contributed by atoms with Crippen LogP contribution in [0, 0.1) is 11.8 Å². The summed E-state index contributed by atoms with van der Waals surface area (Å²) in [7, 11) is 0. The van der Waals surface area contributed by atoms with Crippen LogP contribution in [0.4, 0.5) is 0 Å². The van der Waals surface area contributed by atoms with Gasteiger partial charge in [-0.1, -0.05) is 13.8 Å². The molecule has 126 valence electrons. The van der Waals surface area contributed by atoms with Gasteiger partial charge in [0.15, 0.2) is 0 Å². The Bertz CT molecular complexity index is 642. The zero-order valence-corrected chi connectivity index (χ0v) is 13.9. The van der Waals surface area contributed by atoms with E-state index in [0.717, 1.165) is 31.4 Å². The first-order valence-corrected chi connectivity index (χ1v) is 8.69. The van der Waals surface area contributed by atoms with Crippen molar-refractivity contribution < 1.29 is 9.90 Å². The van der Waals surface area contributed by atoms with E-state index in [9.17, 15) is 14.7 Å². The van der Waals surface area contributed by atoms with Crippen molar-refractivity contribution in [3.63, 3.8) is 0 Å². The Morgan fingerprint density at radius 1 is 1.26 bits per heavy atom. The van der Waals surface area contributed by atoms with Gasteiger partial charge in [-0.2, -0.15) is 0 Å². The van der Waals surface area contributed by atoms with Crippen LogP contribution in [0.25, 0.3) is 0 Å². The first-order valence-electron chi connectivity index (χ1n) is 8.69. The number of aryl methyl sites for hydroxylation is 1. The fourth-order valence-corrected chi connectivity index (χ4v) is 4.21. The summed E-state index contributed by atoms with van der Waals surface area (Å²) in [5.41, 5.74) is 1.24. The molecule has 0 aliphatic heterocycles. The van der Waals surface area contributed by atoms with E-state index >= 15 is 0 Å². The number of aliphatic hydroxyl groups is 1. The summed E-state index contributed by atoms with van der Waals surface area (Å²) in [6.07, 6.45) is 4.81. The molecule has 0 aromatic carbocycles. The molecule has 1 fully saturated rings. The Labute approximate surface area is 136 Å². The Balaban J connectivity index is 1.80. The molecule has 1 amide bonds. The third kappa shape index (κ3) is 3.50. The molecule has 5 nitrogen and oxygen atoms in total. The van der Waals surface area contributed by atoms with E-state index in [4.69, 9.17) is 0 Å². The van der Waals surface area contributed by atoms with E-state index in [1.54, 1.807) is 6.07 Å². The van der Waals surface area contributed by atoms with E-state index in [0.29, 0.717) is 23.8 Å². The summed E-state index contributed by atoms with van der Waals surface area (Å²) in [4.78, 5) is 27.5. The Morgan fingerprint density at radius 2 is 1.96 bits per heavy atom. The van der Waals surface area contributed by atoms with Gasteiger partial charge in [0.05, 0.1) is 6.10 Å². The predicted molar refractivity (Wildman–Crippen MR) is 88.4 cm³/mol. The van der Waals surface area contributed by atoms with Gasteiger partial charge < -0.3 is 15.4 Å². The van der Waals surface area contributed by atoms with Crippen molar-refractivity contribution in [3.8, 4) is 0 Å². The lowest BCUT2D eigenvalue weighted by Crippen LogP contribution is -2.42. The van der Waals surface area contributed by atoms with Gasteiger partial charge in [-0.3, -0.25) is 9.59 Å². The predicted octanol–water partition coefficient (Wildman–Crippen LogP) is 2.30. The molecule has 3 unspecified atom stereocenters. The average molecular weight is 318 g/mol. The second kappa shape index (κ2) is 6.48. The molecule has 5 heteroatoms. The summed E-state index contributed by atoms with van der Waals surface area (Å²) in [5, 5.41) is 13.1. The number of carbonyl (C=O) groups is 1. The first-order chi connectivity index (χ1) is 10.9. The number of aliphatic hydroxyl groups excluding tert-OH is 1. The van der Waals surface area contributed by atoms with E-state index in [2.05, 4.69) is 24.1 Å². The number of pyridine rings is 1. The maximum absolute atomic E-state index is 12.5. The van der Waals surface area contributed by atoms with Gasteiger partial charge in [0.25, 0.3) is 11.5 Å². The molecule has 3 atom stereocenters. The monoisotopic (exact) mass is 318 g/mol. The minimum atomic E-state index is -0.586. The molecule has 2 aliphatic carbocycles. The zero-order valence-electron chi connectivity index (χ0n) is 13.9. The van der Waals surface area contributed by atoms with Gasteiger partial charge in [-0.25, -0.2) is 0 Å². The van der Waals surface area contributed by atoms with Gasteiger partial charge in [0, 0.05) is 17.3 Å². The number of rotatable bonds is 2. The number of nitrogens with one attached hydrogen (secondary N) is 2. The molecule has 23 heavy (non-hydrogen) atoms. The van der Waals surface area contributed by atoms with Crippen molar-refractivity contribution in [2.75, 3.05) is 0 Å². The molecule has 1 saturated carbocycles. The van der Waals surface area contributed by atoms with Crippen LogP contribution in [0.2, 0.25) is 0 Å². The quantitative estimate of drug-likeness (QED) is 0.782. The molecule has 2 aliphatic rings. The highest BCUT2D eigenvalue weighted by atomic mass is 16.3. The number of fused-ring (bicyclic) bond motifs is 1. The summed E-state index contributed by atoms with van der Waals surface area (Å²) < 4.78 is 0. The fraction of sp³-hybridized carbons (Fsp3) is 0.667. The highest BCUT2D eigenvalue weighted by Crippen LogP contribution is 2.29. The van der Waals surface area contributed by atoms with Crippen LogP contribution in [0.15, 0.2) is 10.9 Å². The SMILES string of the molecule is CC1CC(C)CC(NC(=O)c2cc3c([nH]c2=O)CCCC3O)C1. The van der Waals surface area contributed by atoms with Gasteiger partial charge in [0.2, 0.25) is 0 Å². The second-order valence-electron chi connectivity index (χ2n) is 7.44. The van der Waals surface area contributed by atoms with Crippen molar-refractivity contribution in [1.82, 2.24) is 10.3 Å². The van der Waals surface area contributed by atoms with Crippen molar-refractivity contribution in [1.29, 1.82) is 0 Å². The number of amides is 1. The third-order valence-corrected chi connectivity index (χ3v) is 5.18. The first kappa shape index (κ1) is 16.2. The highest BCUT2D eigenvalue weighted by Gasteiger charge is 2.27. The average Bonchev–Trinajstić information content (AvgIpc) is 2.45. The lowest BCUT2D eigenvalue weighted by Gasteiger charge is -2.32. The molecular weight excluding hydrogens is 292 g/mol. The van der Waals surface area contributed by atoms with Crippen LogP contribution in [0.1, 0.15) is 73.7 Å². The maximum Gasteiger partial charge on any atom is 0.261 e. The minimum absolute atomic E-state index is 0.121. The summed E-state index contributed by atoms with van der Waals surface area (Å²) in [6.45, 7) is 4.41. The van der Waals surface area contributed by atoms with Crippen molar-refractivity contribution in [3.05, 3.63) is 33.2 Å². The molecule has 1 aromatic heterocycles. The minimum Gasteiger partial charge on any atom is -0.388 e. The molecule has 3 N–H and O–H groups in total. The molecule has 0 saturated heterocycles. The molecule has 1 heterocycles. The lowest BCUT2D eigenvalue weighted by molar-refractivity contribution is 0.0909. The van der Waals surface area contributed by atoms with Crippen LogP contribution < -0.4 is 10.9 Å². The molecule has 1 aromatic rings. The Hall–Kier alpha value is -1.62. The van der Waals surface area contributed by atoms with Crippen LogP contribution in [0.3, 0.4) is 0 Å². The van der Waals surface area contributed by atoms with E-state index in [1.165, 1.54) is 6.42 Å². The van der Waals surface area contributed by atoms with Gasteiger partial charge in [-0.05, 0) is 56.4 Å². The Morgan fingerprint density at radius 3 is 2.65 bits per heavy atom. The maximum atomic E-state index is 12.5. The van der Waals surface area contributed by atoms with E-state index in [-0.39, 0.29) is 23.1 Å². The molecule has 0 bridgehead atoms. The number of carbonyl (C=O) groups excluding carboxylic acids is 1. The highest BCUT2D eigenvalue weighted by molar-refractivity contribution is 5.94. The van der Waals surface area contributed by atoms with Crippen LogP contribution in [0.5, 0.6) is 0 Å². The van der Waals surface area contributed by atoms with Gasteiger partial charge in [-0.15, -0.1) is 0 Å². The lowest BCUT2D eigenvalue weighted by atomic mass is 9.80. The number of aromatic nitrogens is 1. The van der Waals surface area contributed by atoms with Crippen LogP contribution in [-0.2, 0) is 6.42 Å². The fourth-order valence-electron chi connectivity index (χ4n) is 4.21. The van der Waals surface area contributed by atoms with Gasteiger partial charge >= 0.3 is 0 Å². The summed E-state index contributed by atoms with van der Waals surface area (Å²) >= 11 is 0. The number of hydrogen-bond acceptors (Lipinski definition) is 3. The Kier molecular flexibility index (Phi) is 4.57. The second-order valence-corrected chi connectivity index (χ2v) is 7.44. The van der Waals surface area contributed by atoms with E-state index < -0.39 is 6.10 Å². The third-order valence-electron chi connectivity index (χ3n) is 5.18. The van der Waals surface area contributed by atoms with E-state index in [1.807, 2.05) is 0 Å². The van der Waals surface area contributed by atoms with Crippen molar-refractivity contribution in [2.45, 2.75) is 64.5 Å². The van der Waals surface area contributed by atoms with Gasteiger partial charge in [0.1, 0.15) is 5.56 Å². The number of H-pyrrole nitrogens is 1. The number of aromatic amines is 1. The summed E-state index contributed by atoms with van der Waals surface area (Å²) in [6, 6.07) is 1.71. The smallest absolute Gasteiger partial charge is 0.261 e. The van der Waals surface area contributed by atoms with Crippen molar-refractivity contribution >= 4 is 5.91 Å². The normalized spacial score (nSPS) is 30.6. The standard InChI is InChI=1S/C18H26N2O3/c1-10-6-11(2)8-12(7-10)19-17(22)14-9-13-15(20-18(14)23)4-3-5-16(13)21/h9-12,16,21H,3-8H2,1-2H3,(H,19,22)(H,20,23).